The molecule has 0 saturated carbocycles. The van der Waals surface area contributed by atoms with Crippen molar-refractivity contribution in [2.75, 3.05) is 0 Å². The number of nitrogens with one attached hydrogen (secondary N) is 1. The molecule has 2 rings (SSSR count). The van der Waals surface area contributed by atoms with Crippen molar-refractivity contribution >= 4 is 12.2 Å². The third-order valence-corrected chi connectivity index (χ3v) is 3.13. The summed E-state index contributed by atoms with van der Waals surface area (Å²) in [7, 11) is 0. The van der Waals surface area contributed by atoms with Gasteiger partial charge in [0.25, 0.3) is 0 Å². The normalized spacial score (nSPS) is 10.8. The molecule has 0 unspecified atom stereocenters. The summed E-state index contributed by atoms with van der Waals surface area (Å²) in [5.74, 6) is 0.859. The Labute approximate surface area is 118 Å². The minimum atomic E-state index is 0.174. The van der Waals surface area contributed by atoms with Gasteiger partial charge in [-0.15, -0.1) is 0 Å². The third-order valence-electron chi connectivity index (χ3n) is 2.84. The smallest absolute Gasteiger partial charge is 0.130 e. The van der Waals surface area contributed by atoms with Crippen molar-refractivity contribution in [2.24, 2.45) is 0 Å². The maximum Gasteiger partial charge on any atom is 0.130 e. The van der Waals surface area contributed by atoms with Gasteiger partial charge in [0.05, 0.1) is 11.8 Å². The van der Waals surface area contributed by atoms with Crippen LogP contribution in [0.5, 0.6) is 5.75 Å². The molecule has 0 saturated heterocycles. The van der Waals surface area contributed by atoms with Crippen LogP contribution in [0.2, 0.25) is 0 Å². The van der Waals surface area contributed by atoms with Crippen LogP contribution in [0.4, 0.5) is 0 Å². The summed E-state index contributed by atoms with van der Waals surface area (Å²) in [6, 6.07) is 7.86. The number of aryl methyl sites for hydroxylation is 2. The Bertz CT molecular complexity index is 630. The fraction of sp³-hybridized carbons (Fsp3) is 0.333. The quantitative estimate of drug-likeness (QED) is 0.852. The van der Waals surface area contributed by atoms with Crippen LogP contribution in [-0.4, -0.2) is 16.1 Å². The standard InChI is InChI=1S/C15H18N2OS/c1-9(2)18-13-7-5-12(6-8-13)14-15(19)17-11(4)10(3)16-14/h5-9H,1-4H3,(H,17,19). The Kier molecular flexibility index (Phi) is 4.00. The first-order valence-electron chi connectivity index (χ1n) is 6.32. The van der Waals surface area contributed by atoms with Gasteiger partial charge in [0.2, 0.25) is 0 Å². The second kappa shape index (κ2) is 5.53. The van der Waals surface area contributed by atoms with Crippen LogP contribution in [0, 0.1) is 18.5 Å². The van der Waals surface area contributed by atoms with Crippen LogP contribution in [-0.2, 0) is 0 Å². The highest BCUT2D eigenvalue weighted by Gasteiger charge is 2.06. The first-order valence-corrected chi connectivity index (χ1v) is 6.73. The minimum absolute atomic E-state index is 0.174. The monoisotopic (exact) mass is 274 g/mol. The van der Waals surface area contributed by atoms with Gasteiger partial charge in [-0.25, -0.2) is 4.98 Å². The SMILES string of the molecule is Cc1nc(-c2ccc(OC(C)C)cc2)c(=S)[nH]c1C. The maximum atomic E-state index is 5.62. The number of nitrogens with zero attached hydrogens (tertiary/aromatic N) is 1. The van der Waals surface area contributed by atoms with E-state index in [9.17, 15) is 0 Å². The van der Waals surface area contributed by atoms with Crippen LogP contribution in [0.25, 0.3) is 11.3 Å². The Balaban J connectivity index is 2.37. The molecule has 0 aliphatic rings. The number of hydrogen-bond acceptors (Lipinski definition) is 3. The molecule has 0 radical (unpaired) electrons. The average Bonchev–Trinajstić information content (AvgIpc) is 2.34. The van der Waals surface area contributed by atoms with Gasteiger partial charge in [-0.3, -0.25) is 0 Å². The van der Waals surface area contributed by atoms with Gasteiger partial charge in [0.15, 0.2) is 0 Å². The second-order valence-corrected chi connectivity index (χ2v) is 5.22. The molecule has 1 aromatic carbocycles. The first kappa shape index (κ1) is 13.7. The zero-order chi connectivity index (χ0) is 14.0. The number of rotatable bonds is 3. The van der Waals surface area contributed by atoms with Gasteiger partial charge >= 0.3 is 0 Å². The van der Waals surface area contributed by atoms with Crippen molar-refractivity contribution in [3.8, 4) is 17.0 Å². The van der Waals surface area contributed by atoms with E-state index in [4.69, 9.17) is 17.0 Å². The van der Waals surface area contributed by atoms with E-state index in [2.05, 4.69) is 9.97 Å². The van der Waals surface area contributed by atoms with E-state index >= 15 is 0 Å². The van der Waals surface area contributed by atoms with Crippen LogP contribution in [0.3, 0.4) is 0 Å². The molecule has 0 fully saturated rings. The van der Waals surface area contributed by atoms with E-state index in [-0.39, 0.29) is 6.10 Å². The molecule has 0 aliphatic carbocycles. The summed E-state index contributed by atoms with van der Waals surface area (Å²) >= 11 is 5.33. The summed E-state index contributed by atoms with van der Waals surface area (Å²) in [6.45, 7) is 7.96. The molecule has 3 nitrogen and oxygen atoms in total. The molecular weight excluding hydrogens is 256 g/mol. The maximum absolute atomic E-state index is 5.62. The van der Waals surface area contributed by atoms with Crippen molar-refractivity contribution in [1.29, 1.82) is 0 Å². The highest BCUT2D eigenvalue weighted by atomic mass is 32.1. The van der Waals surface area contributed by atoms with Gasteiger partial charge in [-0.05, 0) is 52.0 Å². The summed E-state index contributed by atoms with van der Waals surface area (Å²) in [6.07, 6.45) is 0.174. The number of H-pyrrole nitrogens is 1. The van der Waals surface area contributed by atoms with Crippen LogP contribution in [0.15, 0.2) is 24.3 Å². The number of benzene rings is 1. The molecule has 0 bridgehead atoms. The molecule has 0 amide bonds. The Morgan fingerprint density at radius 2 is 1.79 bits per heavy atom. The van der Waals surface area contributed by atoms with E-state index in [0.717, 1.165) is 28.4 Å². The number of aromatic nitrogens is 2. The van der Waals surface area contributed by atoms with Crippen molar-refractivity contribution in [2.45, 2.75) is 33.8 Å². The van der Waals surface area contributed by atoms with Gasteiger partial charge in [0, 0.05) is 11.3 Å². The lowest BCUT2D eigenvalue weighted by Gasteiger charge is -2.10. The lowest BCUT2D eigenvalue weighted by Crippen LogP contribution is -2.05. The van der Waals surface area contributed by atoms with Crippen LogP contribution >= 0.6 is 12.2 Å². The summed E-state index contributed by atoms with van der Waals surface area (Å²) in [5, 5.41) is 0. The van der Waals surface area contributed by atoms with E-state index in [1.54, 1.807) is 0 Å². The number of hydrogen-bond donors (Lipinski definition) is 1. The van der Waals surface area contributed by atoms with E-state index in [1.807, 2.05) is 52.0 Å². The van der Waals surface area contributed by atoms with Crippen molar-refractivity contribution in [1.82, 2.24) is 9.97 Å². The largest absolute Gasteiger partial charge is 0.491 e. The van der Waals surface area contributed by atoms with Crippen LogP contribution < -0.4 is 4.74 Å². The Morgan fingerprint density at radius 1 is 1.16 bits per heavy atom. The molecule has 4 heteroatoms. The molecular formula is C15H18N2OS. The molecule has 100 valence electrons. The molecule has 1 heterocycles. The molecule has 1 aromatic heterocycles. The first-order chi connectivity index (χ1) is 8.97. The highest BCUT2D eigenvalue weighted by molar-refractivity contribution is 7.71. The molecule has 2 aromatic rings. The van der Waals surface area contributed by atoms with Gasteiger partial charge in [0.1, 0.15) is 16.1 Å². The summed E-state index contributed by atoms with van der Waals surface area (Å²) in [4.78, 5) is 7.73. The molecule has 0 aliphatic heterocycles. The number of aromatic amines is 1. The average molecular weight is 274 g/mol. The van der Waals surface area contributed by atoms with Gasteiger partial charge in [-0.2, -0.15) is 0 Å². The van der Waals surface area contributed by atoms with Crippen molar-refractivity contribution < 1.29 is 4.74 Å². The highest BCUT2D eigenvalue weighted by Crippen LogP contribution is 2.22. The predicted octanol–water partition coefficient (Wildman–Crippen LogP) is 4.21. The van der Waals surface area contributed by atoms with E-state index < -0.39 is 0 Å². The van der Waals surface area contributed by atoms with Gasteiger partial charge in [-0.1, -0.05) is 12.2 Å². The molecule has 1 N–H and O–H groups in total. The van der Waals surface area contributed by atoms with Crippen molar-refractivity contribution in [3.63, 3.8) is 0 Å². The molecule has 0 spiro atoms. The van der Waals surface area contributed by atoms with Crippen LogP contribution in [0.1, 0.15) is 25.2 Å². The number of ether oxygens (including phenoxy) is 1. The Morgan fingerprint density at radius 3 is 2.37 bits per heavy atom. The topological polar surface area (TPSA) is 37.9 Å². The van der Waals surface area contributed by atoms with E-state index in [1.165, 1.54) is 0 Å². The fourth-order valence-corrected chi connectivity index (χ4v) is 2.10. The fourth-order valence-electron chi connectivity index (χ4n) is 1.78. The van der Waals surface area contributed by atoms with Crippen molar-refractivity contribution in [3.05, 3.63) is 40.3 Å². The predicted molar refractivity (Wildman–Crippen MR) is 80.1 cm³/mol. The lowest BCUT2D eigenvalue weighted by molar-refractivity contribution is 0.242. The summed E-state index contributed by atoms with van der Waals surface area (Å²) in [5.41, 5.74) is 3.79. The summed E-state index contributed by atoms with van der Waals surface area (Å²) < 4.78 is 6.29. The van der Waals surface area contributed by atoms with Gasteiger partial charge < -0.3 is 9.72 Å². The zero-order valence-electron chi connectivity index (χ0n) is 11.7. The molecule has 0 atom stereocenters. The second-order valence-electron chi connectivity index (χ2n) is 4.82. The zero-order valence-corrected chi connectivity index (χ0v) is 12.5. The van der Waals surface area contributed by atoms with E-state index in [0.29, 0.717) is 4.64 Å². The minimum Gasteiger partial charge on any atom is -0.491 e. The Hall–Kier alpha value is -1.68. The lowest BCUT2D eigenvalue weighted by atomic mass is 10.1. The third kappa shape index (κ3) is 3.20. The molecule has 19 heavy (non-hydrogen) atoms.